The highest BCUT2D eigenvalue weighted by molar-refractivity contribution is 6.05. The highest BCUT2D eigenvalue weighted by atomic mass is 16.5. The summed E-state index contributed by atoms with van der Waals surface area (Å²) in [6.45, 7) is 1.51. The molecule has 1 atom stereocenters. The minimum absolute atomic E-state index is 0.00354. The Balaban J connectivity index is 2.27. The molecule has 0 N–H and O–H groups in total. The van der Waals surface area contributed by atoms with Gasteiger partial charge in [-0.2, -0.15) is 0 Å². The fraction of sp³-hybridized carbons (Fsp3) is 0.438. The first-order valence-corrected chi connectivity index (χ1v) is 6.71. The van der Waals surface area contributed by atoms with Gasteiger partial charge in [0.15, 0.2) is 11.6 Å². The highest BCUT2D eigenvalue weighted by Crippen LogP contribution is 2.39. The number of Topliss-reactive ketones (excluding diaryl/α,β-unsaturated/α-hetero) is 2. The van der Waals surface area contributed by atoms with Crippen molar-refractivity contribution in [2.24, 2.45) is 5.41 Å². The summed E-state index contributed by atoms with van der Waals surface area (Å²) in [5.74, 6) is -0.494. The number of ketones is 2. The van der Waals surface area contributed by atoms with Crippen LogP contribution in [0.25, 0.3) is 0 Å². The van der Waals surface area contributed by atoms with Crippen molar-refractivity contribution in [3.63, 3.8) is 0 Å². The van der Waals surface area contributed by atoms with Crippen LogP contribution in [0.3, 0.4) is 0 Å². The Labute approximate surface area is 118 Å². The van der Waals surface area contributed by atoms with E-state index in [1.807, 2.05) is 0 Å². The summed E-state index contributed by atoms with van der Waals surface area (Å²) in [7, 11) is 1.31. The molecular weight excluding hydrogens is 256 g/mol. The average molecular weight is 274 g/mol. The van der Waals surface area contributed by atoms with Gasteiger partial charge in [-0.25, -0.2) is 0 Å². The molecule has 0 spiro atoms. The topological polar surface area (TPSA) is 60.4 Å². The zero-order valence-corrected chi connectivity index (χ0v) is 11.8. The molecule has 0 aromatic heterocycles. The van der Waals surface area contributed by atoms with Crippen LogP contribution in [0, 0.1) is 5.41 Å². The normalized spacial score (nSPS) is 21.8. The molecule has 4 nitrogen and oxygen atoms in total. The lowest BCUT2D eigenvalue weighted by atomic mass is 9.79. The first-order chi connectivity index (χ1) is 9.49. The predicted molar refractivity (Wildman–Crippen MR) is 73.5 cm³/mol. The van der Waals surface area contributed by atoms with Gasteiger partial charge in [0.2, 0.25) is 0 Å². The van der Waals surface area contributed by atoms with E-state index in [-0.39, 0.29) is 11.6 Å². The minimum atomic E-state index is -1.04. The van der Waals surface area contributed by atoms with Gasteiger partial charge in [-0.3, -0.25) is 14.4 Å². The minimum Gasteiger partial charge on any atom is -0.468 e. The maximum atomic E-state index is 12.1. The average Bonchev–Trinajstić information content (AvgIpc) is 2.81. The third-order valence-electron chi connectivity index (χ3n) is 3.98. The summed E-state index contributed by atoms with van der Waals surface area (Å²) < 4.78 is 4.83. The summed E-state index contributed by atoms with van der Waals surface area (Å²) in [6, 6.07) is 7.05. The largest absolute Gasteiger partial charge is 0.468 e. The van der Waals surface area contributed by atoms with Crippen LogP contribution in [0.2, 0.25) is 0 Å². The molecule has 0 heterocycles. The second-order valence-electron chi connectivity index (χ2n) is 5.28. The first-order valence-electron chi connectivity index (χ1n) is 6.71. The number of benzene rings is 1. The fourth-order valence-electron chi connectivity index (χ4n) is 2.81. The van der Waals surface area contributed by atoms with Crippen molar-refractivity contribution in [1.29, 1.82) is 0 Å². The van der Waals surface area contributed by atoms with Gasteiger partial charge in [0.05, 0.1) is 7.11 Å². The van der Waals surface area contributed by atoms with Crippen molar-refractivity contribution in [2.75, 3.05) is 7.11 Å². The molecule has 106 valence electrons. The third kappa shape index (κ3) is 2.50. The molecule has 1 fully saturated rings. The predicted octanol–water partition coefficient (Wildman–Crippen LogP) is 2.34. The van der Waals surface area contributed by atoms with Crippen molar-refractivity contribution in [3.8, 4) is 0 Å². The molecule has 1 unspecified atom stereocenters. The number of carbonyl (C=O) groups excluding carboxylic acids is 3. The van der Waals surface area contributed by atoms with E-state index in [1.54, 1.807) is 24.3 Å². The fourth-order valence-corrected chi connectivity index (χ4v) is 2.81. The van der Waals surface area contributed by atoms with E-state index in [0.717, 1.165) is 12.0 Å². The Bertz CT molecular complexity index is 544. The third-order valence-corrected chi connectivity index (χ3v) is 3.98. The molecule has 1 aliphatic carbocycles. The van der Waals surface area contributed by atoms with E-state index in [0.29, 0.717) is 24.8 Å². The van der Waals surface area contributed by atoms with Crippen LogP contribution >= 0.6 is 0 Å². The molecule has 20 heavy (non-hydrogen) atoms. The van der Waals surface area contributed by atoms with Crippen molar-refractivity contribution in [1.82, 2.24) is 0 Å². The Hall–Kier alpha value is -1.97. The summed E-state index contributed by atoms with van der Waals surface area (Å²) in [4.78, 5) is 35.4. The summed E-state index contributed by atoms with van der Waals surface area (Å²) in [5, 5.41) is 0. The number of esters is 1. The highest BCUT2D eigenvalue weighted by Gasteiger charge is 2.49. The molecular formula is C16H18O4. The molecule has 4 heteroatoms. The molecule has 0 aliphatic heterocycles. The lowest BCUT2D eigenvalue weighted by Crippen LogP contribution is -2.38. The van der Waals surface area contributed by atoms with E-state index >= 15 is 0 Å². The molecule has 1 saturated carbocycles. The zero-order chi connectivity index (χ0) is 14.8. The lowest BCUT2D eigenvalue weighted by Gasteiger charge is -2.24. The zero-order valence-electron chi connectivity index (χ0n) is 11.8. The van der Waals surface area contributed by atoms with Crippen LogP contribution in [0.1, 0.15) is 42.1 Å². The Morgan fingerprint density at radius 2 is 1.90 bits per heavy atom. The molecule has 1 aromatic rings. The Morgan fingerprint density at radius 3 is 2.35 bits per heavy atom. The van der Waals surface area contributed by atoms with Crippen LogP contribution in [0.4, 0.5) is 0 Å². The lowest BCUT2D eigenvalue weighted by molar-refractivity contribution is -0.156. The Morgan fingerprint density at radius 1 is 1.25 bits per heavy atom. The van der Waals surface area contributed by atoms with Crippen LogP contribution in [-0.2, 0) is 20.7 Å². The summed E-state index contributed by atoms with van der Waals surface area (Å²) in [5.41, 5.74) is 0.459. The van der Waals surface area contributed by atoms with Crippen molar-refractivity contribution < 1.29 is 19.1 Å². The monoisotopic (exact) mass is 274 g/mol. The van der Waals surface area contributed by atoms with E-state index in [4.69, 9.17) is 4.74 Å². The van der Waals surface area contributed by atoms with Gasteiger partial charge in [0, 0.05) is 12.0 Å². The van der Waals surface area contributed by atoms with Gasteiger partial charge < -0.3 is 4.74 Å². The molecule has 0 bridgehead atoms. The van der Waals surface area contributed by atoms with E-state index < -0.39 is 11.4 Å². The molecule has 0 saturated heterocycles. The summed E-state index contributed by atoms with van der Waals surface area (Å²) in [6.07, 6.45) is 2.03. The molecule has 1 aliphatic rings. The Kier molecular flexibility index (Phi) is 4.02. The van der Waals surface area contributed by atoms with Crippen LogP contribution in [-0.4, -0.2) is 24.6 Å². The summed E-state index contributed by atoms with van der Waals surface area (Å²) >= 11 is 0. The van der Waals surface area contributed by atoms with Crippen molar-refractivity contribution in [3.05, 3.63) is 35.4 Å². The maximum Gasteiger partial charge on any atom is 0.319 e. The first kappa shape index (κ1) is 14.4. The molecule has 1 aromatic carbocycles. The smallest absolute Gasteiger partial charge is 0.319 e. The van der Waals surface area contributed by atoms with Crippen molar-refractivity contribution >= 4 is 17.5 Å². The maximum absolute atomic E-state index is 12.1. The quantitative estimate of drug-likeness (QED) is 0.480. The van der Waals surface area contributed by atoms with Gasteiger partial charge in [-0.1, -0.05) is 24.3 Å². The van der Waals surface area contributed by atoms with E-state index in [1.165, 1.54) is 14.0 Å². The standard InChI is InChI=1S/C16H18O4/c1-11(17)13-7-5-12(6-8-13)10-16(15(19)20-2)9-3-4-14(16)18/h5-8H,3-4,9-10H2,1-2H3. The van der Waals surface area contributed by atoms with Gasteiger partial charge in [-0.05, 0) is 31.7 Å². The van der Waals surface area contributed by atoms with Gasteiger partial charge in [0.25, 0.3) is 0 Å². The SMILES string of the molecule is COC(=O)C1(Cc2ccc(C(C)=O)cc2)CCCC1=O. The molecule has 0 radical (unpaired) electrons. The number of ether oxygens (including phenoxy) is 1. The number of methoxy groups -OCH3 is 1. The van der Waals surface area contributed by atoms with Gasteiger partial charge in [0.1, 0.15) is 5.41 Å². The number of rotatable bonds is 4. The van der Waals surface area contributed by atoms with Crippen molar-refractivity contribution in [2.45, 2.75) is 32.6 Å². The van der Waals surface area contributed by atoms with Crippen LogP contribution in [0.5, 0.6) is 0 Å². The number of hydrogen-bond donors (Lipinski definition) is 0. The second-order valence-corrected chi connectivity index (χ2v) is 5.28. The molecule has 2 rings (SSSR count). The number of carbonyl (C=O) groups is 3. The van der Waals surface area contributed by atoms with E-state index in [9.17, 15) is 14.4 Å². The number of hydrogen-bond acceptors (Lipinski definition) is 4. The second kappa shape index (κ2) is 5.57. The van der Waals surface area contributed by atoms with E-state index in [2.05, 4.69) is 0 Å². The molecule has 0 amide bonds. The van der Waals surface area contributed by atoms with Crippen LogP contribution in [0.15, 0.2) is 24.3 Å². The van der Waals surface area contributed by atoms with Gasteiger partial charge in [-0.15, -0.1) is 0 Å². The van der Waals surface area contributed by atoms with Crippen LogP contribution < -0.4 is 0 Å². The van der Waals surface area contributed by atoms with Gasteiger partial charge >= 0.3 is 5.97 Å².